The van der Waals surface area contributed by atoms with Gasteiger partial charge in [-0.1, -0.05) is 0 Å². The number of piperidine rings is 2. The molecule has 2 N–H and O–H groups in total. The molecule has 2 aromatic rings. The van der Waals surface area contributed by atoms with E-state index in [2.05, 4.69) is 26.5 Å². The van der Waals surface area contributed by atoms with Crippen molar-refractivity contribution in [2.45, 2.75) is 70.0 Å². The van der Waals surface area contributed by atoms with E-state index in [0.717, 1.165) is 68.0 Å². The first kappa shape index (κ1) is 22.0. The maximum atomic E-state index is 13.4. The van der Waals surface area contributed by atoms with Crippen LogP contribution in [0.4, 0.5) is 5.82 Å². The summed E-state index contributed by atoms with van der Waals surface area (Å²) in [4.78, 5) is 24.0. The standard InChI is InChI=1S/C23H28N4O2.CH2O2/c1-15-7-10-22(26-25-15)24-18-13-19-5-2-6-20(14-18)27(19)23(28)17-8-9-21-16(12-17)4-3-11-29-21;2-1-3/h7-10,12,18-20H,2-6,11,13-14H2,1H3,(H,24,26);1H,(H,2,3)/t18?,19-,20+;. The number of aromatic nitrogens is 2. The van der Waals surface area contributed by atoms with Gasteiger partial charge in [-0.3, -0.25) is 9.59 Å². The van der Waals surface area contributed by atoms with E-state index in [0.29, 0.717) is 6.04 Å². The quantitative estimate of drug-likeness (QED) is 0.707. The largest absolute Gasteiger partial charge is 0.493 e. The van der Waals surface area contributed by atoms with Crippen LogP contribution in [0.2, 0.25) is 0 Å². The maximum Gasteiger partial charge on any atom is 0.290 e. The summed E-state index contributed by atoms with van der Waals surface area (Å²) in [5.74, 6) is 1.95. The number of benzene rings is 1. The Morgan fingerprint density at radius 3 is 2.59 bits per heavy atom. The number of carbonyl (C=O) groups excluding carboxylic acids is 1. The van der Waals surface area contributed by atoms with Crippen molar-refractivity contribution in [1.82, 2.24) is 15.1 Å². The van der Waals surface area contributed by atoms with Crippen LogP contribution in [0.25, 0.3) is 0 Å². The average molecular weight is 439 g/mol. The van der Waals surface area contributed by atoms with Crippen LogP contribution in [0.5, 0.6) is 5.75 Å². The second-order valence-corrected chi connectivity index (χ2v) is 8.70. The van der Waals surface area contributed by atoms with Gasteiger partial charge in [0.2, 0.25) is 0 Å². The molecule has 1 amide bonds. The van der Waals surface area contributed by atoms with Crippen LogP contribution in [0.1, 0.15) is 60.1 Å². The van der Waals surface area contributed by atoms with Crippen molar-refractivity contribution in [2.75, 3.05) is 11.9 Å². The number of nitrogens with one attached hydrogen (secondary N) is 1. The molecule has 0 saturated carbocycles. The Hall–Kier alpha value is -3.16. The number of carboxylic acid groups (broad SMARTS) is 1. The van der Waals surface area contributed by atoms with Crippen molar-refractivity contribution < 1.29 is 19.4 Å². The summed E-state index contributed by atoms with van der Waals surface area (Å²) in [6.07, 6.45) is 7.30. The van der Waals surface area contributed by atoms with Gasteiger partial charge in [0.1, 0.15) is 11.6 Å². The van der Waals surface area contributed by atoms with Gasteiger partial charge in [0.25, 0.3) is 12.4 Å². The van der Waals surface area contributed by atoms with Crippen molar-refractivity contribution in [1.29, 1.82) is 0 Å². The zero-order valence-electron chi connectivity index (χ0n) is 18.4. The van der Waals surface area contributed by atoms with E-state index in [1.807, 2.05) is 31.2 Å². The van der Waals surface area contributed by atoms with E-state index in [1.165, 1.54) is 12.0 Å². The first-order chi connectivity index (χ1) is 15.6. The topological polar surface area (TPSA) is 105 Å². The average Bonchev–Trinajstić information content (AvgIpc) is 2.80. The van der Waals surface area contributed by atoms with Crippen LogP contribution in [0.15, 0.2) is 30.3 Å². The Bertz CT molecular complexity index is 936. The second-order valence-electron chi connectivity index (χ2n) is 8.70. The van der Waals surface area contributed by atoms with Gasteiger partial charge in [-0.05, 0) is 87.8 Å². The van der Waals surface area contributed by atoms with Crippen LogP contribution in [0, 0.1) is 6.92 Å². The van der Waals surface area contributed by atoms with Gasteiger partial charge in [-0.2, -0.15) is 5.10 Å². The van der Waals surface area contributed by atoms with E-state index in [9.17, 15) is 4.79 Å². The smallest absolute Gasteiger partial charge is 0.290 e. The number of aryl methyl sites for hydroxylation is 2. The molecular formula is C24H30N4O4. The Balaban J connectivity index is 0.000000775. The highest BCUT2D eigenvalue weighted by Gasteiger charge is 2.41. The van der Waals surface area contributed by atoms with E-state index in [4.69, 9.17) is 14.6 Å². The van der Waals surface area contributed by atoms with Crippen molar-refractivity contribution in [3.63, 3.8) is 0 Å². The number of hydrogen-bond acceptors (Lipinski definition) is 6. The minimum Gasteiger partial charge on any atom is -0.493 e. The third-order valence-electron chi connectivity index (χ3n) is 6.51. The normalized spacial score (nSPS) is 23.7. The lowest BCUT2D eigenvalue weighted by Crippen LogP contribution is -2.57. The molecule has 170 valence electrons. The molecule has 1 unspecified atom stereocenters. The molecular weight excluding hydrogens is 408 g/mol. The van der Waals surface area contributed by atoms with Crippen LogP contribution < -0.4 is 10.1 Å². The van der Waals surface area contributed by atoms with Crippen LogP contribution in [-0.2, 0) is 11.2 Å². The Labute approximate surface area is 188 Å². The molecule has 1 aromatic heterocycles. The highest BCUT2D eigenvalue weighted by atomic mass is 16.5. The molecule has 8 nitrogen and oxygen atoms in total. The number of amides is 1. The summed E-state index contributed by atoms with van der Waals surface area (Å²) >= 11 is 0. The van der Waals surface area contributed by atoms with E-state index >= 15 is 0 Å². The fourth-order valence-electron chi connectivity index (χ4n) is 5.16. The molecule has 32 heavy (non-hydrogen) atoms. The van der Waals surface area contributed by atoms with Gasteiger partial charge in [0, 0.05) is 23.7 Å². The number of carbonyl (C=O) groups is 2. The number of ether oxygens (including phenoxy) is 1. The molecule has 3 aliphatic rings. The first-order valence-electron chi connectivity index (χ1n) is 11.3. The minimum absolute atomic E-state index is 0.182. The lowest BCUT2D eigenvalue weighted by Gasteiger charge is -2.49. The predicted molar refractivity (Wildman–Crippen MR) is 120 cm³/mol. The van der Waals surface area contributed by atoms with Gasteiger partial charge in [0.05, 0.1) is 12.3 Å². The van der Waals surface area contributed by atoms with Crippen molar-refractivity contribution >= 4 is 18.2 Å². The maximum absolute atomic E-state index is 13.4. The molecule has 2 saturated heterocycles. The Morgan fingerprint density at radius 2 is 1.91 bits per heavy atom. The molecule has 3 atom stereocenters. The zero-order valence-corrected chi connectivity index (χ0v) is 18.4. The molecule has 0 aliphatic carbocycles. The van der Waals surface area contributed by atoms with Gasteiger partial charge >= 0.3 is 0 Å². The molecule has 1 aromatic carbocycles. The number of rotatable bonds is 3. The zero-order chi connectivity index (χ0) is 22.5. The summed E-state index contributed by atoms with van der Waals surface area (Å²) in [7, 11) is 0. The van der Waals surface area contributed by atoms with Crippen LogP contribution >= 0.6 is 0 Å². The molecule has 2 fully saturated rings. The van der Waals surface area contributed by atoms with Gasteiger partial charge in [-0.15, -0.1) is 5.10 Å². The monoisotopic (exact) mass is 438 g/mol. The first-order valence-corrected chi connectivity index (χ1v) is 11.3. The van der Waals surface area contributed by atoms with Crippen LogP contribution in [-0.4, -0.2) is 57.3 Å². The molecule has 0 radical (unpaired) electrons. The van der Waals surface area contributed by atoms with Crippen molar-refractivity contribution in [3.05, 3.63) is 47.2 Å². The number of fused-ring (bicyclic) bond motifs is 3. The summed E-state index contributed by atoms with van der Waals surface area (Å²) in [6.45, 7) is 2.47. The second kappa shape index (κ2) is 9.97. The van der Waals surface area contributed by atoms with Gasteiger partial charge in [-0.25, -0.2) is 0 Å². The van der Waals surface area contributed by atoms with Gasteiger partial charge in [0.15, 0.2) is 0 Å². The Kier molecular flexibility index (Phi) is 6.87. The number of anilines is 1. The fraction of sp³-hybridized carbons (Fsp3) is 0.500. The highest BCUT2D eigenvalue weighted by molar-refractivity contribution is 5.95. The Morgan fingerprint density at radius 1 is 1.16 bits per heavy atom. The number of hydrogen-bond donors (Lipinski definition) is 2. The van der Waals surface area contributed by atoms with E-state index < -0.39 is 0 Å². The summed E-state index contributed by atoms with van der Waals surface area (Å²) in [5.41, 5.74) is 2.90. The SMILES string of the molecule is Cc1ccc(NC2C[C@H]3CCC[C@@H](C2)N3C(=O)c2ccc3c(c2)CCCO3)nn1.O=CO. The fourth-order valence-corrected chi connectivity index (χ4v) is 5.16. The predicted octanol–water partition coefficient (Wildman–Crippen LogP) is 3.45. The van der Waals surface area contributed by atoms with Crippen molar-refractivity contribution in [3.8, 4) is 5.75 Å². The summed E-state index contributed by atoms with van der Waals surface area (Å²) in [6, 6.07) is 10.9. The van der Waals surface area contributed by atoms with Crippen LogP contribution in [0.3, 0.4) is 0 Å². The number of nitrogens with zero attached hydrogens (tertiary/aromatic N) is 3. The lowest BCUT2D eigenvalue weighted by atomic mass is 9.81. The highest BCUT2D eigenvalue weighted by Crippen LogP contribution is 2.37. The van der Waals surface area contributed by atoms with E-state index in [1.54, 1.807) is 0 Å². The summed E-state index contributed by atoms with van der Waals surface area (Å²) < 4.78 is 5.71. The minimum atomic E-state index is -0.250. The van der Waals surface area contributed by atoms with Crippen molar-refractivity contribution in [2.24, 2.45) is 0 Å². The molecule has 2 bridgehead atoms. The lowest BCUT2D eigenvalue weighted by molar-refractivity contribution is -0.122. The molecule has 3 aliphatic heterocycles. The third-order valence-corrected chi connectivity index (χ3v) is 6.51. The summed E-state index contributed by atoms with van der Waals surface area (Å²) in [5, 5.41) is 18.8. The van der Waals surface area contributed by atoms with Gasteiger partial charge < -0.3 is 20.1 Å². The van der Waals surface area contributed by atoms with E-state index in [-0.39, 0.29) is 24.5 Å². The molecule has 4 heterocycles. The third kappa shape index (κ3) is 4.84. The molecule has 0 spiro atoms. The molecule has 5 rings (SSSR count). The molecule has 8 heteroatoms.